The number of rotatable bonds is 5. The number of ether oxygens (including phenoxy) is 2. The van der Waals surface area contributed by atoms with Gasteiger partial charge >= 0.3 is 12.2 Å². The molecule has 0 spiro atoms. The standard InChI is InChI=1S/C16H29N3O7S/c1-12-13(26-27(5,22)23)24-15(21)19(12)11-8-17-6-9-18(10-7-17)14(20)25-16(2,3)4/h12-13H,6-11H2,1-5H3. The van der Waals surface area contributed by atoms with Crippen molar-refractivity contribution in [3.8, 4) is 0 Å². The molecule has 0 aromatic carbocycles. The molecule has 2 atom stereocenters. The zero-order chi connectivity index (χ0) is 20.4. The minimum Gasteiger partial charge on any atom is -0.444 e. The average Bonchev–Trinajstić information content (AvgIpc) is 2.76. The Kier molecular flexibility index (Phi) is 6.59. The Morgan fingerprint density at radius 2 is 1.78 bits per heavy atom. The molecular weight excluding hydrogens is 378 g/mol. The fourth-order valence-electron chi connectivity index (χ4n) is 2.88. The number of nitrogens with zero attached hydrogens (tertiary/aromatic N) is 3. The third kappa shape index (κ3) is 6.51. The summed E-state index contributed by atoms with van der Waals surface area (Å²) < 4.78 is 37.6. The maximum absolute atomic E-state index is 12.1. The molecule has 0 saturated carbocycles. The van der Waals surface area contributed by atoms with Gasteiger partial charge in [0, 0.05) is 39.3 Å². The third-order valence-electron chi connectivity index (χ3n) is 4.29. The number of hydrogen-bond acceptors (Lipinski definition) is 8. The fourth-order valence-corrected chi connectivity index (χ4v) is 3.42. The summed E-state index contributed by atoms with van der Waals surface area (Å²) >= 11 is 0. The number of carbonyl (C=O) groups excluding carboxylic acids is 2. The third-order valence-corrected chi connectivity index (χ3v) is 4.83. The van der Waals surface area contributed by atoms with Crippen molar-refractivity contribution in [2.45, 2.75) is 45.6 Å². The van der Waals surface area contributed by atoms with Gasteiger partial charge in [0.05, 0.1) is 12.3 Å². The van der Waals surface area contributed by atoms with E-state index in [0.29, 0.717) is 39.3 Å². The molecule has 27 heavy (non-hydrogen) atoms. The zero-order valence-electron chi connectivity index (χ0n) is 16.5. The molecule has 2 saturated heterocycles. The number of piperazine rings is 1. The van der Waals surface area contributed by atoms with Gasteiger partial charge in [0.25, 0.3) is 10.1 Å². The SMILES string of the molecule is CC1C(OS(C)(=O)=O)OC(=O)N1CCN1CCN(C(=O)OC(C)(C)C)CC1. The normalized spacial score (nSPS) is 24.9. The van der Waals surface area contributed by atoms with Crippen LogP contribution in [-0.2, 0) is 23.8 Å². The largest absolute Gasteiger partial charge is 0.444 e. The molecule has 2 aliphatic heterocycles. The molecule has 156 valence electrons. The van der Waals surface area contributed by atoms with E-state index in [1.54, 1.807) is 11.8 Å². The topological polar surface area (TPSA) is 106 Å². The van der Waals surface area contributed by atoms with Gasteiger partial charge in [-0.2, -0.15) is 8.42 Å². The van der Waals surface area contributed by atoms with Crippen molar-refractivity contribution in [1.82, 2.24) is 14.7 Å². The van der Waals surface area contributed by atoms with Crippen LogP contribution < -0.4 is 0 Å². The van der Waals surface area contributed by atoms with Crippen molar-refractivity contribution in [2.75, 3.05) is 45.5 Å². The second-order valence-electron chi connectivity index (χ2n) is 7.80. The van der Waals surface area contributed by atoms with E-state index in [0.717, 1.165) is 6.26 Å². The summed E-state index contributed by atoms with van der Waals surface area (Å²) in [6.07, 6.45) is -1.12. The van der Waals surface area contributed by atoms with Crippen LogP contribution in [0.3, 0.4) is 0 Å². The lowest BCUT2D eigenvalue weighted by molar-refractivity contribution is -0.00790. The summed E-state index contributed by atoms with van der Waals surface area (Å²) in [7, 11) is -3.71. The predicted octanol–water partition coefficient (Wildman–Crippen LogP) is 0.682. The Hall–Kier alpha value is -1.59. The number of hydrogen-bond donors (Lipinski definition) is 0. The smallest absolute Gasteiger partial charge is 0.412 e. The first kappa shape index (κ1) is 21.7. The second-order valence-corrected chi connectivity index (χ2v) is 9.40. The molecule has 2 fully saturated rings. The van der Waals surface area contributed by atoms with E-state index in [-0.39, 0.29) is 6.09 Å². The minimum absolute atomic E-state index is 0.320. The van der Waals surface area contributed by atoms with E-state index in [2.05, 4.69) is 4.90 Å². The molecule has 0 aliphatic carbocycles. The van der Waals surface area contributed by atoms with Crippen LogP contribution in [0.1, 0.15) is 27.7 Å². The van der Waals surface area contributed by atoms with E-state index in [4.69, 9.17) is 13.7 Å². The number of cyclic esters (lactones) is 1. The lowest BCUT2D eigenvalue weighted by Crippen LogP contribution is -2.51. The Labute approximate surface area is 160 Å². The van der Waals surface area contributed by atoms with Crippen LogP contribution in [0, 0.1) is 0 Å². The summed E-state index contributed by atoms with van der Waals surface area (Å²) in [5.41, 5.74) is -0.523. The molecule has 0 N–H and O–H groups in total. The van der Waals surface area contributed by atoms with Gasteiger partial charge in [-0.1, -0.05) is 0 Å². The summed E-state index contributed by atoms with van der Waals surface area (Å²) in [6.45, 7) is 10.6. The maximum atomic E-state index is 12.1. The van der Waals surface area contributed by atoms with Crippen molar-refractivity contribution in [2.24, 2.45) is 0 Å². The molecular formula is C16H29N3O7S. The van der Waals surface area contributed by atoms with Crippen LogP contribution in [0.25, 0.3) is 0 Å². The lowest BCUT2D eigenvalue weighted by atomic mass is 10.2. The Bertz CT molecular complexity index is 653. The first-order valence-electron chi connectivity index (χ1n) is 8.91. The molecule has 2 unspecified atom stereocenters. The van der Waals surface area contributed by atoms with E-state index >= 15 is 0 Å². The number of carbonyl (C=O) groups is 2. The monoisotopic (exact) mass is 407 g/mol. The van der Waals surface area contributed by atoms with Gasteiger partial charge in [0.1, 0.15) is 5.60 Å². The van der Waals surface area contributed by atoms with Crippen LogP contribution in [0.2, 0.25) is 0 Å². The van der Waals surface area contributed by atoms with Gasteiger partial charge in [0.15, 0.2) is 0 Å². The molecule has 0 radical (unpaired) electrons. The molecule has 0 bridgehead atoms. The number of amides is 2. The Morgan fingerprint density at radius 3 is 2.30 bits per heavy atom. The highest BCUT2D eigenvalue weighted by Gasteiger charge is 2.41. The first-order chi connectivity index (χ1) is 12.4. The van der Waals surface area contributed by atoms with Gasteiger partial charge in [-0.3, -0.25) is 9.80 Å². The Balaban J connectivity index is 1.78. The summed E-state index contributed by atoms with van der Waals surface area (Å²) in [6, 6.07) is -0.504. The molecule has 11 heteroatoms. The molecule has 0 aromatic rings. The van der Waals surface area contributed by atoms with E-state index in [1.807, 2.05) is 20.8 Å². The summed E-state index contributed by atoms with van der Waals surface area (Å²) in [5, 5.41) is 0. The molecule has 2 amide bonds. The predicted molar refractivity (Wildman–Crippen MR) is 96.6 cm³/mol. The summed E-state index contributed by atoms with van der Waals surface area (Å²) in [5.74, 6) is 0. The molecule has 2 aliphatic rings. The molecule has 2 heterocycles. The molecule has 10 nitrogen and oxygen atoms in total. The van der Waals surface area contributed by atoms with Crippen LogP contribution in [-0.4, -0.2) is 98.8 Å². The average molecular weight is 407 g/mol. The van der Waals surface area contributed by atoms with Crippen molar-refractivity contribution >= 4 is 22.3 Å². The van der Waals surface area contributed by atoms with E-state index < -0.39 is 34.1 Å². The van der Waals surface area contributed by atoms with Crippen molar-refractivity contribution in [3.05, 3.63) is 0 Å². The minimum atomic E-state index is -3.71. The first-order valence-corrected chi connectivity index (χ1v) is 10.7. The quantitative estimate of drug-likeness (QED) is 0.613. The van der Waals surface area contributed by atoms with Crippen molar-refractivity contribution in [3.63, 3.8) is 0 Å². The van der Waals surface area contributed by atoms with Crippen molar-refractivity contribution < 1.29 is 31.7 Å². The van der Waals surface area contributed by atoms with E-state index in [1.165, 1.54) is 4.90 Å². The highest BCUT2D eigenvalue weighted by atomic mass is 32.2. The van der Waals surface area contributed by atoms with E-state index in [9.17, 15) is 18.0 Å². The second kappa shape index (κ2) is 8.19. The highest BCUT2D eigenvalue weighted by Crippen LogP contribution is 2.21. The van der Waals surface area contributed by atoms with Crippen LogP contribution in [0.5, 0.6) is 0 Å². The fraction of sp³-hybridized carbons (Fsp3) is 0.875. The highest BCUT2D eigenvalue weighted by molar-refractivity contribution is 7.86. The van der Waals surface area contributed by atoms with Gasteiger partial charge in [0.2, 0.25) is 6.29 Å². The van der Waals surface area contributed by atoms with Gasteiger partial charge in [-0.25, -0.2) is 13.8 Å². The van der Waals surface area contributed by atoms with Crippen LogP contribution in [0.15, 0.2) is 0 Å². The lowest BCUT2D eigenvalue weighted by Gasteiger charge is -2.36. The zero-order valence-corrected chi connectivity index (χ0v) is 17.3. The molecule has 2 rings (SSSR count). The van der Waals surface area contributed by atoms with Gasteiger partial charge < -0.3 is 14.4 Å². The summed E-state index contributed by atoms with van der Waals surface area (Å²) in [4.78, 5) is 29.3. The molecule has 0 aromatic heterocycles. The van der Waals surface area contributed by atoms with Crippen LogP contribution in [0.4, 0.5) is 9.59 Å². The van der Waals surface area contributed by atoms with Crippen molar-refractivity contribution in [1.29, 1.82) is 0 Å². The van der Waals surface area contributed by atoms with Crippen LogP contribution >= 0.6 is 0 Å². The van der Waals surface area contributed by atoms with Gasteiger partial charge in [-0.15, -0.1) is 0 Å². The Morgan fingerprint density at radius 1 is 1.19 bits per heavy atom. The maximum Gasteiger partial charge on any atom is 0.412 e. The van der Waals surface area contributed by atoms with Gasteiger partial charge in [-0.05, 0) is 27.7 Å².